The van der Waals surface area contributed by atoms with Gasteiger partial charge in [-0.05, 0) is 37.3 Å². The quantitative estimate of drug-likeness (QED) is 0.268. The predicted octanol–water partition coefficient (Wildman–Crippen LogP) is 4.74. The molecule has 1 atom stereocenters. The van der Waals surface area contributed by atoms with E-state index in [0.717, 1.165) is 22.8 Å². The number of Topliss-reactive ketones (excluding diaryl/α,β-unsaturated/α-hetero) is 1. The van der Waals surface area contributed by atoms with Crippen molar-refractivity contribution in [1.82, 2.24) is 20.1 Å². The fourth-order valence-corrected chi connectivity index (χ4v) is 4.35. The van der Waals surface area contributed by atoms with Crippen molar-refractivity contribution in [3.8, 4) is 11.8 Å². The highest BCUT2D eigenvalue weighted by Crippen LogP contribution is 2.47. The van der Waals surface area contributed by atoms with E-state index in [2.05, 4.69) is 40.0 Å². The summed E-state index contributed by atoms with van der Waals surface area (Å²) >= 11 is 6.37. The summed E-state index contributed by atoms with van der Waals surface area (Å²) in [4.78, 5) is 30.7. The SMILES string of the molecule is C[C@@H](CC(=O)c1ncnc(C#CCCCO)c1Cl)c1cc(C2=Nc3ccc(C4(C)CC4)nc3C2)no1. The van der Waals surface area contributed by atoms with E-state index >= 15 is 0 Å². The molecule has 1 aliphatic carbocycles. The summed E-state index contributed by atoms with van der Waals surface area (Å²) in [5.41, 5.74) is 5.08. The van der Waals surface area contributed by atoms with Crippen molar-refractivity contribution in [2.24, 2.45) is 4.99 Å². The second kappa shape index (κ2) is 9.92. The molecule has 9 heteroatoms. The molecule has 184 valence electrons. The molecule has 0 bridgehead atoms. The molecule has 1 fully saturated rings. The van der Waals surface area contributed by atoms with Gasteiger partial charge in [-0.15, -0.1) is 0 Å². The minimum Gasteiger partial charge on any atom is -0.396 e. The number of carbonyl (C=O) groups is 1. The highest BCUT2D eigenvalue weighted by molar-refractivity contribution is 6.34. The molecular weight excluding hydrogens is 478 g/mol. The fourth-order valence-electron chi connectivity index (χ4n) is 4.10. The van der Waals surface area contributed by atoms with Crippen LogP contribution in [0.1, 0.15) is 90.9 Å². The maximum absolute atomic E-state index is 13.0. The first-order valence-corrected chi connectivity index (χ1v) is 12.4. The average Bonchev–Trinajstić information content (AvgIpc) is 3.27. The monoisotopic (exact) mass is 503 g/mol. The Hall–Kier alpha value is -3.41. The van der Waals surface area contributed by atoms with Crippen LogP contribution in [0.15, 0.2) is 34.0 Å². The Labute approximate surface area is 214 Å². The van der Waals surface area contributed by atoms with Crippen molar-refractivity contribution in [3.05, 3.63) is 63.8 Å². The summed E-state index contributed by atoms with van der Waals surface area (Å²) in [6, 6.07) is 5.95. The van der Waals surface area contributed by atoms with Crippen molar-refractivity contribution in [2.75, 3.05) is 6.61 Å². The Balaban J connectivity index is 1.25. The number of ketones is 1. The lowest BCUT2D eigenvalue weighted by atomic mass is 9.99. The smallest absolute Gasteiger partial charge is 0.183 e. The van der Waals surface area contributed by atoms with Crippen molar-refractivity contribution in [1.29, 1.82) is 0 Å². The van der Waals surface area contributed by atoms with Gasteiger partial charge in [0, 0.05) is 49.0 Å². The number of halogens is 1. The topological polar surface area (TPSA) is 114 Å². The molecule has 5 rings (SSSR count). The van der Waals surface area contributed by atoms with Crippen LogP contribution in [0.4, 0.5) is 5.69 Å². The molecule has 3 aromatic heterocycles. The van der Waals surface area contributed by atoms with E-state index in [9.17, 15) is 4.79 Å². The number of aliphatic hydroxyl groups excluding tert-OH is 1. The lowest BCUT2D eigenvalue weighted by Crippen LogP contribution is -2.09. The molecule has 0 saturated heterocycles. The first kappa shape index (κ1) is 24.3. The zero-order chi connectivity index (χ0) is 25.3. The van der Waals surface area contributed by atoms with E-state index in [-0.39, 0.29) is 40.9 Å². The number of rotatable bonds is 8. The van der Waals surface area contributed by atoms with Crippen molar-refractivity contribution in [3.63, 3.8) is 0 Å². The molecule has 0 unspecified atom stereocenters. The average molecular weight is 504 g/mol. The van der Waals surface area contributed by atoms with Crippen LogP contribution in [0.5, 0.6) is 0 Å². The zero-order valence-corrected chi connectivity index (χ0v) is 21.0. The predicted molar refractivity (Wildman–Crippen MR) is 135 cm³/mol. The third-order valence-electron chi connectivity index (χ3n) is 6.68. The number of pyridine rings is 1. The number of aromatic nitrogens is 4. The van der Waals surface area contributed by atoms with Crippen LogP contribution < -0.4 is 0 Å². The minimum atomic E-state index is -0.243. The second-order valence-corrected chi connectivity index (χ2v) is 9.99. The van der Waals surface area contributed by atoms with E-state index in [1.807, 2.05) is 19.1 Å². The van der Waals surface area contributed by atoms with Gasteiger partial charge in [0.2, 0.25) is 0 Å². The van der Waals surface area contributed by atoms with Gasteiger partial charge in [-0.2, -0.15) is 0 Å². The summed E-state index contributed by atoms with van der Waals surface area (Å²) in [5.74, 6) is 5.84. The maximum atomic E-state index is 13.0. The van der Waals surface area contributed by atoms with E-state index in [1.165, 1.54) is 19.2 Å². The largest absolute Gasteiger partial charge is 0.396 e. The summed E-state index contributed by atoms with van der Waals surface area (Å²) < 4.78 is 5.58. The van der Waals surface area contributed by atoms with Crippen molar-refractivity contribution < 1.29 is 14.4 Å². The third kappa shape index (κ3) is 4.95. The molecule has 8 nitrogen and oxygen atoms in total. The fraction of sp³-hybridized carbons (Fsp3) is 0.407. The first-order chi connectivity index (χ1) is 17.4. The highest BCUT2D eigenvalue weighted by atomic mass is 35.5. The van der Waals surface area contributed by atoms with Gasteiger partial charge in [0.25, 0.3) is 0 Å². The number of hydrogen-bond acceptors (Lipinski definition) is 8. The lowest BCUT2D eigenvalue weighted by molar-refractivity contribution is 0.0966. The number of aliphatic imine (C=N–C) groups is 1. The summed E-state index contributed by atoms with van der Waals surface area (Å²) in [5, 5.41) is 13.2. The third-order valence-corrected chi connectivity index (χ3v) is 7.04. The zero-order valence-electron chi connectivity index (χ0n) is 20.2. The molecule has 4 heterocycles. The van der Waals surface area contributed by atoms with E-state index in [0.29, 0.717) is 36.4 Å². The van der Waals surface area contributed by atoms with Gasteiger partial charge < -0.3 is 9.63 Å². The maximum Gasteiger partial charge on any atom is 0.183 e. The molecule has 0 amide bonds. The minimum absolute atomic E-state index is 0.0642. The van der Waals surface area contributed by atoms with Crippen LogP contribution in [0.3, 0.4) is 0 Å². The highest BCUT2D eigenvalue weighted by Gasteiger charge is 2.41. The Morgan fingerprint density at radius 3 is 2.92 bits per heavy atom. The van der Waals surface area contributed by atoms with Gasteiger partial charge in [-0.1, -0.05) is 36.5 Å². The van der Waals surface area contributed by atoms with Crippen LogP contribution in [0.2, 0.25) is 5.02 Å². The summed E-state index contributed by atoms with van der Waals surface area (Å²) in [6.45, 7) is 4.20. The summed E-state index contributed by atoms with van der Waals surface area (Å²) in [7, 11) is 0. The van der Waals surface area contributed by atoms with E-state index in [1.54, 1.807) is 0 Å². The van der Waals surface area contributed by atoms with E-state index < -0.39 is 0 Å². The molecule has 2 aliphatic rings. The molecule has 0 spiro atoms. The molecular formula is C27H26ClN5O3. The second-order valence-electron chi connectivity index (χ2n) is 9.61. The molecule has 0 aromatic carbocycles. The molecule has 1 aliphatic heterocycles. The Morgan fingerprint density at radius 2 is 2.14 bits per heavy atom. The van der Waals surface area contributed by atoms with Gasteiger partial charge in [0.1, 0.15) is 34.2 Å². The number of unbranched alkanes of at least 4 members (excludes halogenated alkanes) is 1. The van der Waals surface area contributed by atoms with Crippen LogP contribution in [-0.2, 0) is 11.8 Å². The molecule has 3 aromatic rings. The van der Waals surface area contributed by atoms with Crippen LogP contribution >= 0.6 is 11.6 Å². The number of nitrogens with zero attached hydrogens (tertiary/aromatic N) is 5. The Kier molecular flexibility index (Phi) is 6.69. The molecule has 0 radical (unpaired) electrons. The van der Waals surface area contributed by atoms with Crippen LogP contribution in [0.25, 0.3) is 0 Å². The van der Waals surface area contributed by atoms with Crippen molar-refractivity contribution in [2.45, 2.75) is 63.7 Å². The molecule has 1 saturated carbocycles. The number of carbonyl (C=O) groups excluding carboxylic acids is 1. The number of hydrogen-bond donors (Lipinski definition) is 1. The van der Waals surface area contributed by atoms with Gasteiger partial charge in [-0.3, -0.25) is 9.78 Å². The van der Waals surface area contributed by atoms with E-state index in [4.69, 9.17) is 31.2 Å². The Bertz CT molecular complexity index is 1410. The number of fused-ring (bicyclic) bond motifs is 1. The van der Waals surface area contributed by atoms with Gasteiger partial charge in [0.15, 0.2) is 5.78 Å². The van der Waals surface area contributed by atoms with Crippen molar-refractivity contribution >= 4 is 28.8 Å². The lowest BCUT2D eigenvalue weighted by Gasteiger charge is -2.08. The standard InChI is InChI=1S/C27H26ClN5O3/c1-16(12-22(35)26-25(28)18(29-15-30-26)6-4-3-5-11-34)23-14-21(33-36-23)20-13-19-17(31-20)7-8-24(32-19)27(2)9-10-27/h7-8,14-16,34H,3,5,9-13H2,1-2H3/t16-/m0/s1. The Morgan fingerprint density at radius 1 is 1.31 bits per heavy atom. The van der Waals surface area contributed by atoms with Crippen LogP contribution in [-0.4, -0.2) is 43.3 Å². The summed E-state index contributed by atoms with van der Waals surface area (Å²) in [6.07, 6.45) is 5.46. The first-order valence-electron chi connectivity index (χ1n) is 12.1. The normalized spacial score (nSPS) is 16.1. The molecule has 1 N–H and O–H groups in total. The van der Waals surface area contributed by atoms with Crippen LogP contribution in [0, 0.1) is 11.8 Å². The van der Waals surface area contributed by atoms with Gasteiger partial charge in [0.05, 0.1) is 17.1 Å². The van der Waals surface area contributed by atoms with Gasteiger partial charge in [-0.25, -0.2) is 15.0 Å². The number of aliphatic hydroxyl groups is 1. The van der Waals surface area contributed by atoms with Gasteiger partial charge >= 0.3 is 0 Å². The molecule has 36 heavy (non-hydrogen) atoms.